The molecule has 0 saturated carbocycles. The Labute approximate surface area is 87.8 Å². The SMILES string of the molecule is NCC(OC1CCOC1)c1ccsc1. The second-order valence-corrected chi connectivity index (χ2v) is 4.18. The zero-order valence-corrected chi connectivity index (χ0v) is 8.83. The summed E-state index contributed by atoms with van der Waals surface area (Å²) in [6.07, 6.45) is 1.25. The molecule has 1 aliphatic heterocycles. The van der Waals surface area contributed by atoms with Gasteiger partial charge < -0.3 is 15.2 Å². The van der Waals surface area contributed by atoms with Gasteiger partial charge in [-0.2, -0.15) is 11.3 Å². The maximum Gasteiger partial charge on any atom is 0.0960 e. The molecular weight excluding hydrogens is 198 g/mol. The predicted molar refractivity (Wildman–Crippen MR) is 56.4 cm³/mol. The molecule has 0 aromatic carbocycles. The maximum atomic E-state index is 5.86. The Morgan fingerprint density at radius 2 is 2.64 bits per heavy atom. The van der Waals surface area contributed by atoms with Crippen molar-refractivity contribution in [3.8, 4) is 0 Å². The molecule has 0 aliphatic carbocycles. The fourth-order valence-corrected chi connectivity index (χ4v) is 2.28. The molecule has 2 unspecified atom stereocenters. The normalized spacial score (nSPS) is 23.9. The van der Waals surface area contributed by atoms with Crippen molar-refractivity contribution in [2.45, 2.75) is 18.6 Å². The van der Waals surface area contributed by atoms with Gasteiger partial charge in [0, 0.05) is 13.2 Å². The average Bonchev–Trinajstić information content (AvgIpc) is 2.86. The lowest BCUT2D eigenvalue weighted by molar-refractivity contribution is -0.0123. The van der Waals surface area contributed by atoms with Crippen LogP contribution in [0.3, 0.4) is 0 Å². The highest BCUT2D eigenvalue weighted by atomic mass is 32.1. The third-order valence-corrected chi connectivity index (χ3v) is 3.08. The van der Waals surface area contributed by atoms with Gasteiger partial charge in [0.25, 0.3) is 0 Å². The van der Waals surface area contributed by atoms with E-state index in [2.05, 4.69) is 11.4 Å². The minimum Gasteiger partial charge on any atom is -0.379 e. The molecule has 2 N–H and O–H groups in total. The van der Waals surface area contributed by atoms with E-state index in [1.807, 2.05) is 5.38 Å². The average molecular weight is 213 g/mol. The van der Waals surface area contributed by atoms with Crippen LogP contribution in [0.5, 0.6) is 0 Å². The van der Waals surface area contributed by atoms with Crippen molar-refractivity contribution in [2.24, 2.45) is 5.73 Å². The summed E-state index contributed by atoms with van der Waals surface area (Å²) in [6, 6.07) is 2.07. The van der Waals surface area contributed by atoms with Crippen molar-refractivity contribution < 1.29 is 9.47 Å². The monoisotopic (exact) mass is 213 g/mol. The van der Waals surface area contributed by atoms with Crippen molar-refractivity contribution in [2.75, 3.05) is 19.8 Å². The zero-order valence-electron chi connectivity index (χ0n) is 8.02. The predicted octanol–water partition coefficient (Wildman–Crippen LogP) is 1.55. The van der Waals surface area contributed by atoms with Crippen molar-refractivity contribution in [1.82, 2.24) is 0 Å². The van der Waals surface area contributed by atoms with Crippen LogP contribution in [0.2, 0.25) is 0 Å². The molecule has 0 amide bonds. The Balaban J connectivity index is 1.93. The summed E-state index contributed by atoms with van der Waals surface area (Å²) in [5.41, 5.74) is 6.87. The summed E-state index contributed by atoms with van der Waals surface area (Å²) in [4.78, 5) is 0. The molecule has 3 nitrogen and oxygen atoms in total. The third-order valence-electron chi connectivity index (χ3n) is 2.37. The Hall–Kier alpha value is -0.420. The maximum absolute atomic E-state index is 5.86. The van der Waals surface area contributed by atoms with Gasteiger partial charge in [0.1, 0.15) is 0 Å². The summed E-state index contributed by atoms with van der Waals surface area (Å²) < 4.78 is 11.1. The fraction of sp³-hybridized carbons (Fsp3) is 0.600. The molecule has 78 valence electrons. The van der Waals surface area contributed by atoms with Crippen LogP contribution in [-0.2, 0) is 9.47 Å². The molecule has 1 aliphatic rings. The van der Waals surface area contributed by atoms with Crippen LogP contribution in [0.4, 0.5) is 0 Å². The van der Waals surface area contributed by atoms with Crippen molar-refractivity contribution in [3.05, 3.63) is 22.4 Å². The fourth-order valence-electron chi connectivity index (χ4n) is 1.58. The van der Waals surface area contributed by atoms with Crippen LogP contribution < -0.4 is 5.73 Å². The molecule has 14 heavy (non-hydrogen) atoms. The van der Waals surface area contributed by atoms with Crippen molar-refractivity contribution in [1.29, 1.82) is 0 Å². The van der Waals surface area contributed by atoms with Gasteiger partial charge in [-0.1, -0.05) is 0 Å². The molecule has 0 radical (unpaired) electrons. The first-order valence-electron chi connectivity index (χ1n) is 4.85. The molecule has 1 aromatic heterocycles. The first-order valence-corrected chi connectivity index (χ1v) is 5.80. The van der Waals surface area contributed by atoms with E-state index < -0.39 is 0 Å². The van der Waals surface area contributed by atoms with E-state index in [0.717, 1.165) is 13.0 Å². The van der Waals surface area contributed by atoms with E-state index in [0.29, 0.717) is 13.2 Å². The Kier molecular flexibility index (Phi) is 3.53. The van der Waals surface area contributed by atoms with Crippen molar-refractivity contribution in [3.63, 3.8) is 0 Å². The minimum absolute atomic E-state index is 0.0351. The van der Waals surface area contributed by atoms with Crippen LogP contribution in [0, 0.1) is 0 Å². The highest BCUT2D eigenvalue weighted by Crippen LogP contribution is 2.23. The number of rotatable bonds is 4. The lowest BCUT2D eigenvalue weighted by Crippen LogP contribution is -2.22. The van der Waals surface area contributed by atoms with Crippen molar-refractivity contribution >= 4 is 11.3 Å². The first kappa shape index (κ1) is 10.1. The first-order chi connectivity index (χ1) is 6.90. The van der Waals surface area contributed by atoms with Crippen LogP contribution >= 0.6 is 11.3 Å². The van der Waals surface area contributed by atoms with E-state index >= 15 is 0 Å². The Morgan fingerprint density at radius 1 is 1.71 bits per heavy atom. The largest absolute Gasteiger partial charge is 0.379 e. The van der Waals surface area contributed by atoms with Gasteiger partial charge >= 0.3 is 0 Å². The lowest BCUT2D eigenvalue weighted by atomic mass is 10.2. The minimum atomic E-state index is 0.0351. The van der Waals surface area contributed by atoms with E-state index in [-0.39, 0.29) is 12.2 Å². The standard InChI is InChI=1S/C10H15NO2S/c11-5-10(8-2-4-14-7-8)13-9-1-3-12-6-9/h2,4,7,9-10H,1,3,5-6,11H2. The molecule has 0 spiro atoms. The highest BCUT2D eigenvalue weighted by Gasteiger charge is 2.21. The second-order valence-electron chi connectivity index (χ2n) is 3.40. The molecule has 2 atom stereocenters. The van der Waals surface area contributed by atoms with Gasteiger partial charge in [0.2, 0.25) is 0 Å². The third kappa shape index (κ3) is 2.33. The van der Waals surface area contributed by atoms with Gasteiger partial charge in [-0.15, -0.1) is 0 Å². The van der Waals surface area contributed by atoms with Crippen LogP contribution in [0.15, 0.2) is 16.8 Å². The molecule has 2 rings (SSSR count). The topological polar surface area (TPSA) is 44.5 Å². The Bertz CT molecular complexity index is 257. The van der Waals surface area contributed by atoms with Gasteiger partial charge in [-0.3, -0.25) is 0 Å². The second kappa shape index (κ2) is 4.89. The summed E-state index contributed by atoms with van der Waals surface area (Å²) in [5, 5.41) is 4.14. The number of thiophene rings is 1. The van der Waals surface area contributed by atoms with E-state index in [1.54, 1.807) is 11.3 Å². The molecule has 1 fully saturated rings. The molecule has 0 bridgehead atoms. The van der Waals surface area contributed by atoms with Gasteiger partial charge in [-0.25, -0.2) is 0 Å². The summed E-state index contributed by atoms with van der Waals surface area (Å²) in [7, 11) is 0. The van der Waals surface area contributed by atoms with E-state index in [9.17, 15) is 0 Å². The van der Waals surface area contributed by atoms with Gasteiger partial charge in [0.15, 0.2) is 0 Å². The number of hydrogen-bond donors (Lipinski definition) is 1. The number of ether oxygens (including phenoxy) is 2. The van der Waals surface area contributed by atoms with Gasteiger partial charge in [-0.05, 0) is 28.8 Å². The van der Waals surface area contributed by atoms with Crippen LogP contribution in [-0.4, -0.2) is 25.9 Å². The molecule has 2 heterocycles. The summed E-state index contributed by atoms with van der Waals surface area (Å²) >= 11 is 1.67. The molecule has 4 heteroatoms. The van der Waals surface area contributed by atoms with E-state index in [4.69, 9.17) is 15.2 Å². The summed E-state index contributed by atoms with van der Waals surface area (Å²) in [5.74, 6) is 0. The molecular formula is C10H15NO2S. The highest BCUT2D eigenvalue weighted by molar-refractivity contribution is 7.07. The van der Waals surface area contributed by atoms with Gasteiger partial charge in [0.05, 0.1) is 18.8 Å². The molecule has 1 saturated heterocycles. The van der Waals surface area contributed by atoms with Crippen LogP contribution in [0.1, 0.15) is 18.1 Å². The quantitative estimate of drug-likeness (QED) is 0.825. The Morgan fingerprint density at radius 3 is 3.21 bits per heavy atom. The number of hydrogen-bond acceptors (Lipinski definition) is 4. The van der Waals surface area contributed by atoms with E-state index in [1.165, 1.54) is 5.56 Å². The molecule has 1 aromatic rings. The number of nitrogens with two attached hydrogens (primary N) is 1. The smallest absolute Gasteiger partial charge is 0.0960 e. The summed E-state index contributed by atoms with van der Waals surface area (Å²) in [6.45, 7) is 2.06. The lowest BCUT2D eigenvalue weighted by Gasteiger charge is -2.18. The zero-order chi connectivity index (χ0) is 9.80. The van der Waals surface area contributed by atoms with Crippen LogP contribution in [0.25, 0.3) is 0 Å².